The molecule has 2 rings (SSSR count). The summed E-state index contributed by atoms with van der Waals surface area (Å²) in [6.07, 6.45) is 2.35. The van der Waals surface area contributed by atoms with E-state index in [1.165, 1.54) is 12.7 Å². The number of nitrogens with one attached hydrogen (secondary N) is 1. The average molecular weight is 278 g/mol. The standard InChI is InChI=1S/C9H6N6O5/c16-9(12-13-4-10-11-5-13)7-2-1-6(14(17)18)3-8(7)15(19)20/h1-5H,(H,12,16). The van der Waals surface area contributed by atoms with E-state index in [9.17, 15) is 25.0 Å². The molecule has 0 aliphatic rings. The molecule has 1 aromatic carbocycles. The van der Waals surface area contributed by atoms with E-state index in [-0.39, 0.29) is 5.56 Å². The number of nitro groups is 2. The van der Waals surface area contributed by atoms with Crippen LogP contribution in [0.5, 0.6) is 0 Å². The van der Waals surface area contributed by atoms with Gasteiger partial charge < -0.3 is 0 Å². The third kappa shape index (κ3) is 2.55. The van der Waals surface area contributed by atoms with Gasteiger partial charge in [0.2, 0.25) is 0 Å². The molecule has 0 saturated heterocycles. The van der Waals surface area contributed by atoms with Gasteiger partial charge in [-0.1, -0.05) is 0 Å². The fourth-order valence-electron chi connectivity index (χ4n) is 1.41. The van der Waals surface area contributed by atoms with E-state index in [2.05, 4.69) is 15.6 Å². The van der Waals surface area contributed by atoms with E-state index in [1.807, 2.05) is 0 Å². The molecule has 0 aliphatic heterocycles. The van der Waals surface area contributed by atoms with Gasteiger partial charge in [0.25, 0.3) is 17.3 Å². The molecule has 1 amide bonds. The number of carbonyl (C=O) groups excluding carboxylic acids is 1. The molecular formula is C9H6N6O5. The summed E-state index contributed by atoms with van der Waals surface area (Å²) in [4.78, 5) is 31.7. The number of hydrogen-bond donors (Lipinski definition) is 1. The highest BCUT2D eigenvalue weighted by Gasteiger charge is 2.24. The maximum absolute atomic E-state index is 11.9. The number of non-ortho nitro benzene ring substituents is 1. The lowest BCUT2D eigenvalue weighted by Crippen LogP contribution is -2.22. The number of hydrogen-bond acceptors (Lipinski definition) is 7. The predicted molar refractivity (Wildman–Crippen MR) is 63.5 cm³/mol. The Morgan fingerprint density at radius 2 is 1.80 bits per heavy atom. The SMILES string of the molecule is O=C(Nn1cnnc1)c1ccc([N+](=O)[O-])cc1[N+](=O)[O-]. The first-order chi connectivity index (χ1) is 9.49. The second kappa shape index (κ2) is 5.09. The number of rotatable bonds is 4. The molecule has 0 radical (unpaired) electrons. The average Bonchev–Trinajstić information content (AvgIpc) is 2.90. The van der Waals surface area contributed by atoms with E-state index in [0.717, 1.165) is 22.9 Å². The Labute approximate surface area is 110 Å². The first-order valence-corrected chi connectivity index (χ1v) is 5.08. The van der Waals surface area contributed by atoms with Crippen LogP contribution in [0.3, 0.4) is 0 Å². The van der Waals surface area contributed by atoms with Crippen molar-refractivity contribution in [3.8, 4) is 0 Å². The number of amides is 1. The molecule has 0 bridgehead atoms. The zero-order chi connectivity index (χ0) is 14.7. The van der Waals surface area contributed by atoms with Crippen LogP contribution in [0.25, 0.3) is 0 Å². The molecule has 20 heavy (non-hydrogen) atoms. The van der Waals surface area contributed by atoms with Crippen LogP contribution in [-0.2, 0) is 0 Å². The van der Waals surface area contributed by atoms with E-state index in [1.54, 1.807) is 0 Å². The van der Waals surface area contributed by atoms with Gasteiger partial charge in [0, 0.05) is 6.07 Å². The summed E-state index contributed by atoms with van der Waals surface area (Å²) in [5.41, 5.74) is 0.813. The third-order valence-corrected chi connectivity index (χ3v) is 2.28. The van der Waals surface area contributed by atoms with Crippen LogP contribution >= 0.6 is 0 Å². The summed E-state index contributed by atoms with van der Waals surface area (Å²) in [5, 5.41) is 28.3. The fourth-order valence-corrected chi connectivity index (χ4v) is 1.41. The summed E-state index contributed by atoms with van der Waals surface area (Å²) < 4.78 is 1.09. The summed E-state index contributed by atoms with van der Waals surface area (Å²) >= 11 is 0. The summed E-state index contributed by atoms with van der Waals surface area (Å²) in [6, 6.07) is 2.74. The van der Waals surface area contributed by atoms with Crippen molar-refractivity contribution < 1.29 is 14.6 Å². The predicted octanol–water partition coefficient (Wildman–Crippen LogP) is 0.478. The molecule has 0 unspecified atom stereocenters. The van der Waals surface area contributed by atoms with Crippen molar-refractivity contribution in [2.24, 2.45) is 0 Å². The smallest absolute Gasteiger partial charge is 0.267 e. The third-order valence-electron chi connectivity index (χ3n) is 2.28. The Morgan fingerprint density at radius 1 is 1.15 bits per heavy atom. The Kier molecular flexibility index (Phi) is 3.33. The van der Waals surface area contributed by atoms with Crippen LogP contribution in [0.15, 0.2) is 30.9 Å². The van der Waals surface area contributed by atoms with Gasteiger partial charge >= 0.3 is 0 Å². The largest absolute Gasteiger partial charge is 0.289 e. The van der Waals surface area contributed by atoms with Crippen molar-refractivity contribution in [2.75, 3.05) is 5.43 Å². The quantitative estimate of drug-likeness (QED) is 0.631. The highest BCUT2D eigenvalue weighted by molar-refractivity contribution is 6.03. The van der Waals surface area contributed by atoms with Crippen molar-refractivity contribution in [3.05, 3.63) is 56.6 Å². The molecular weight excluding hydrogens is 272 g/mol. The second-order valence-corrected chi connectivity index (χ2v) is 3.53. The molecule has 1 N–H and O–H groups in total. The maximum Gasteiger partial charge on any atom is 0.289 e. The van der Waals surface area contributed by atoms with E-state index >= 15 is 0 Å². The van der Waals surface area contributed by atoms with Crippen LogP contribution < -0.4 is 5.43 Å². The Morgan fingerprint density at radius 3 is 2.35 bits per heavy atom. The molecule has 0 fully saturated rings. The second-order valence-electron chi connectivity index (χ2n) is 3.53. The van der Waals surface area contributed by atoms with Crippen molar-refractivity contribution in [1.82, 2.24) is 14.9 Å². The van der Waals surface area contributed by atoms with Crippen molar-refractivity contribution in [2.45, 2.75) is 0 Å². The maximum atomic E-state index is 11.9. The lowest BCUT2D eigenvalue weighted by molar-refractivity contribution is -0.394. The zero-order valence-electron chi connectivity index (χ0n) is 9.66. The number of benzene rings is 1. The minimum Gasteiger partial charge on any atom is -0.267 e. The van der Waals surface area contributed by atoms with Gasteiger partial charge in [-0.25, -0.2) is 4.68 Å². The molecule has 11 heteroatoms. The molecule has 102 valence electrons. The highest BCUT2D eigenvalue weighted by Crippen LogP contribution is 2.24. The van der Waals surface area contributed by atoms with E-state index in [0.29, 0.717) is 0 Å². The first-order valence-electron chi connectivity index (χ1n) is 5.08. The molecule has 1 heterocycles. The van der Waals surface area contributed by atoms with Crippen LogP contribution in [-0.4, -0.2) is 30.6 Å². The molecule has 0 atom stereocenters. The van der Waals surface area contributed by atoms with Gasteiger partial charge in [-0.3, -0.25) is 30.4 Å². The lowest BCUT2D eigenvalue weighted by atomic mass is 10.1. The van der Waals surface area contributed by atoms with Crippen LogP contribution in [0.4, 0.5) is 11.4 Å². The minimum absolute atomic E-state index is 0.311. The Hall–Kier alpha value is -3.37. The Balaban J connectivity index is 2.37. The van der Waals surface area contributed by atoms with E-state index in [4.69, 9.17) is 0 Å². The number of nitrogens with zero attached hydrogens (tertiary/aromatic N) is 5. The summed E-state index contributed by atoms with van der Waals surface area (Å²) in [5.74, 6) is -0.814. The van der Waals surface area contributed by atoms with Gasteiger partial charge in [-0.15, -0.1) is 10.2 Å². The molecule has 2 aromatic rings. The highest BCUT2D eigenvalue weighted by atomic mass is 16.6. The van der Waals surface area contributed by atoms with Gasteiger partial charge in [0.05, 0.1) is 15.9 Å². The monoisotopic (exact) mass is 278 g/mol. The van der Waals surface area contributed by atoms with Gasteiger partial charge in [0.15, 0.2) is 0 Å². The molecule has 0 spiro atoms. The van der Waals surface area contributed by atoms with Crippen molar-refractivity contribution >= 4 is 17.3 Å². The normalized spacial score (nSPS) is 10.0. The molecule has 1 aromatic heterocycles. The number of aromatic nitrogens is 3. The van der Waals surface area contributed by atoms with E-state index < -0.39 is 27.1 Å². The van der Waals surface area contributed by atoms with Crippen molar-refractivity contribution in [3.63, 3.8) is 0 Å². The van der Waals surface area contributed by atoms with Gasteiger partial charge in [0.1, 0.15) is 18.2 Å². The number of carbonyl (C=O) groups is 1. The Bertz CT molecular complexity index is 682. The van der Waals surface area contributed by atoms with Crippen LogP contribution in [0, 0.1) is 20.2 Å². The molecule has 0 saturated carbocycles. The molecule has 11 nitrogen and oxygen atoms in total. The van der Waals surface area contributed by atoms with Gasteiger partial charge in [-0.05, 0) is 6.07 Å². The van der Waals surface area contributed by atoms with Crippen molar-refractivity contribution in [1.29, 1.82) is 0 Å². The summed E-state index contributed by atoms with van der Waals surface area (Å²) in [7, 11) is 0. The van der Waals surface area contributed by atoms with Crippen LogP contribution in [0.1, 0.15) is 10.4 Å². The lowest BCUT2D eigenvalue weighted by Gasteiger charge is -2.05. The molecule has 0 aliphatic carbocycles. The first kappa shape index (κ1) is 13.1. The summed E-state index contributed by atoms with van der Waals surface area (Å²) in [6.45, 7) is 0. The van der Waals surface area contributed by atoms with Crippen LogP contribution in [0.2, 0.25) is 0 Å². The minimum atomic E-state index is -0.867. The topological polar surface area (TPSA) is 146 Å². The fraction of sp³-hybridized carbons (Fsp3) is 0. The van der Waals surface area contributed by atoms with Gasteiger partial charge in [-0.2, -0.15) is 0 Å². The zero-order valence-corrected chi connectivity index (χ0v) is 9.66. The number of nitro benzene ring substituents is 2.